The van der Waals surface area contributed by atoms with E-state index >= 15 is 0 Å². The standard InChI is InChI=1S/C33H52O7/c1-19(2)10-9-11-20(3)28-17-31(40-24(7)36)32(37)27-13-12-25-16-26(38-22(5)34)14-15-33(25,8)29(27)18-30(21(28)4)39-23(6)35/h19-20,25-31H,4,9-18H2,1-3,5-8H3/t20-,25+,26+,27-,28-,29+,30?,31?,33+/m1/s1. The van der Waals surface area contributed by atoms with Gasteiger partial charge in [0.15, 0.2) is 11.9 Å². The van der Waals surface area contributed by atoms with E-state index in [2.05, 4.69) is 34.3 Å². The SMILES string of the molecule is C=C1C(OC(C)=O)C[C@H]2[C@@H](CC[C@H]3C[C@@H](OC(C)=O)CC[C@@]32C)C(=O)C(OC(C)=O)C[C@@H]1[C@H](C)CCCC(C)C. The van der Waals surface area contributed by atoms with Gasteiger partial charge in [0.2, 0.25) is 0 Å². The summed E-state index contributed by atoms with van der Waals surface area (Å²) in [4.78, 5) is 50.5. The number of carbonyl (C=O) groups is 4. The third-order valence-corrected chi connectivity index (χ3v) is 10.2. The van der Waals surface area contributed by atoms with E-state index in [1.54, 1.807) is 0 Å². The van der Waals surface area contributed by atoms with Crippen LogP contribution in [0.4, 0.5) is 0 Å². The minimum atomic E-state index is -0.840. The molecule has 9 atom stereocenters. The van der Waals surface area contributed by atoms with Crippen LogP contribution in [0, 0.1) is 40.9 Å². The first-order chi connectivity index (χ1) is 18.7. The van der Waals surface area contributed by atoms with Gasteiger partial charge in [-0.1, -0.05) is 53.5 Å². The van der Waals surface area contributed by atoms with E-state index < -0.39 is 18.2 Å². The lowest BCUT2D eigenvalue weighted by molar-refractivity contribution is -0.164. The number of esters is 3. The van der Waals surface area contributed by atoms with Gasteiger partial charge in [0.05, 0.1) is 0 Å². The Morgan fingerprint density at radius 3 is 2.10 bits per heavy atom. The van der Waals surface area contributed by atoms with Crippen LogP contribution >= 0.6 is 0 Å². The molecule has 7 nitrogen and oxygen atoms in total. The van der Waals surface area contributed by atoms with Crippen LogP contribution in [0.5, 0.6) is 0 Å². The molecule has 0 aromatic heterocycles. The molecule has 2 unspecified atom stereocenters. The van der Waals surface area contributed by atoms with Crippen molar-refractivity contribution in [2.75, 3.05) is 0 Å². The lowest BCUT2D eigenvalue weighted by atomic mass is 9.50. The van der Waals surface area contributed by atoms with Crippen LogP contribution in [0.3, 0.4) is 0 Å². The molecule has 0 aliphatic heterocycles. The normalized spacial score (nSPS) is 35.4. The average molecular weight is 561 g/mol. The van der Waals surface area contributed by atoms with E-state index in [-0.39, 0.29) is 58.8 Å². The Bertz CT molecular complexity index is 954. The van der Waals surface area contributed by atoms with Crippen LogP contribution in [-0.2, 0) is 33.4 Å². The number of rotatable bonds is 8. The summed E-state index contributed by atoms with van der Waals surface area (Å²) in [6, 6.07) is 0. The summed E-state index contributed by atoms with van der Waals surface area (Å²) in [7, 11) is 0. The van der Waals surface area contributed by atoms with Gasteiger partial charge in [-0.3, -0.25) is 19.2 Å². The van der Waals surface area contributed by atoms with Gasteiger partial charge in [-0.15, -0.1) is 0 Å². The zero-order valence-corrected chi connectivity index (χ0v) is 25.8. The third kappa shape index (κ3) is 7.76. The monoisotopic (exact) mass is 560 g/mol. The maximum atomic E-state index is 14.3. The Labute approximate surface area is 241 Å². The highest BCUT2D eigenvalue weighted by Gasteiger charge is 2.55. The van der Waals surface area contributed by atoms with Crippen LogP contribution < -0.4 is 0 Å². The Morgan fingerprint density at radius 1 is 0.875 bits per heavy atom. The lowest BCUT2D eigenvalue weighted by Crippen LogP contribution is -2.52. The van der Waals surface area contributed by atoms with Gasteiger partial charge in [0, 0.05) is 26.7 Å². The fourth-order valence-corrected chi connectivity index (χ4v) is 8.11. The van der Waals surface area contributed by atoms with E-state index in [9.17, 15) is 19.2 Å². The number of Topliss-reactive ketones (excluding diaryl/α,β-unsaturated/α-hetero) is 1. The molecule has 0 spiro atoms. The molecule has 0 radical (unpaired) electrons. The highest BCUT2D eigenvalue weighted by molar-refractivity contribution is 5.88. The summed E-state index contributed by atoms with van der Waals surface area (Å²) < 4.78 is 17.4. The van der Waals surface area contributed by atoms with Gasteiger partial charge >= 0.3 is 17.9 Å². The molecule has 0 heterocycles. The lowest BCUT2D eigenvalue weighted by Gasteiger charge is -2.55. The summed E-state index contributed by atoms with van der Waals surface area (Å²) in [5.74, 6) is -0.468. The number of ether oxygens (including phenoxy) is 3. The first-order valence-electron chi connectivity index (χ1n) is 15.5. The van der Waals surface area contributed by atoms with Crippen molar-refractivity contribution in [3.63, 3.8) is 0 Å². The minimum absolute atomic E-state index is 0.00219. The fourth-order valence-electron chi connectivity index (χ4n) is 8.11. The predicted octanol–water partition coefficient (Wildman–Crippen LogP) is 6.61. The van der Waals surface area contributed by atoms with Gasteiger partial charge in [-0.2, -0.15) is 0 Å². The summed E-state index contributed by atoms with van der Waals surface area (Å²) in [6.45, 7) is 17.6. The summed E-state index contributed by atoms with van der Waals surface area (Å²) in [5.41, 5.74) is 0.634. The van der Waals surface area contributed by atoms with Gasteiger partial charge in [0.25, 0.3) is 0 Å². The molecule has 3 saturated carbocycles. The zero-order chi connectivity index (χ0) is 29.8. The van der Waals surface area contributed by atoms with E-state index in [1.807, 2.05) is 0 Å². The molecule has 40 heavy (non-hydrogen) atoms. The Morgan fingerprint density at radius 2 is 1.50 bits per heavy atom. The van der Waals surface area contributed by atoms with Crippen molar-refractivity contribution in [3.05, 3.63) is 12.2 Å². The summed E-state index contributed by atoms with van der Waals surface area (Å²) >= 11 is 0. The zero-order valence-electron chi connectivity index (χ0n) is 25.8. The molecule has 3 fully saturated rings. The highest BCUT2D eigenvalue weighted by atomic mass is 16.6. The molecule has 3 aliphatic rings. The highest BCUT2D eigenvalue weighted by Crippen LogP contribution is 2.58. The molecule has 3 aliphatic carbocycles. The molecule has 0 aromatic carbocycles. The van der Waals surface area contributed by atoms with Crippen LogP contribution in [0.1, 0.15) is 113 Å². The van der Waals surface area contributed by atoms with Crippen molar-refractivity contribution in [1.29, 1.82) is 0 Å². The smallest absolute Gasteiger partial charge is 0.303 e. The average Bonchev–Trinajstić information content (AvgIpc) is 2.88. The molecule has 0 amide bonds. The van der Waals surface area contributed by atoms with Gasteiger partial charge in [-0.25, -0.2) is 0 Å². The van der Waals surface area contributed by atoms with Crippen molar-refractivity contribution >= 4 is 23.7 Å². The largest absolute Gasteiger partial charge is 0.463 e. The first kappa shape index (κ1) is 32.3. The number of fused-ring (bicyclic) bond motifs is 3. The van der Waals surface area contributed by atoms with E-state index in [4.69, 9.17) is 14.2 Å². The van der Waals surface area contributed by atoms with E-state index in [0.717, 1.165) is 50.5 Å². The first-order valence-corrected chi connectivity index (χ1v) is 15.5. The van der Waals surface area contributed by atoms with Crippen molar-refractivity contribution in [3.8, 4) is 0 Å². The molecule has 226 valence electrons. The second-order valence-corrected chi connectivity index (χ2v) is 13.6. The van der Waals surface area contributed by atoms with Gasteiger partial charge in [-0.05, 0) is 85.5 Å². The molecule has 3 rings (SSSR count). The second kappa shape index (κ2) is 13.7. The topological polar surface area (TPSA) is 96.0 Å². The maximum Gasteiger partial charge on any atom is 0.303 e. The fraction of sp³-hybridized carbons (Fsp3) is 0.818. The minimum Gasteiger partial charge on any atom is -0.463 e. The van der Waals surface area contributed by atoms with Crippen molar-refractivity contribution in [1.82, 2.24) is 0 Å². The molecular weight excluding hydrogens is 508 g/mol. The van der Waals surface area contributed by atoms with Crippen molar-refractivity contribution in [2.24, 2.45) is 40.9 Å². The van der Waals surface area contributed by atoms with Crippen molar-refractivity contribution in [2.45, 2.75) is 131 Å². The molecule has 0 aromatic rings. The molecule has 0 saturated heterocycles. The third-order valence-electron chi connectivity index (χ3n) is 10.2. The second-order valence-electron chi connectivity index (χ2n) is 13.6. The Hall–Kier alpha value is -2.18. The van der Waals surface area contributed by atoms with Gasteiger partial charge in [0.1, 0.15) is 12.2 Å². The van der Waals surface area contributed by atoms with Gasteiger partial charge < -0.3 is 14.2 Å². The Kier molecular flexibility index (Phi) is 11.0. The maximum absolute atomic E-state index is 14.3. The predicted molar refractivity (Wildman–Crippen MR) is 153 cm³/mol. The van der Waals surface area contributed by atoms with E-state index in [1.165, 1.54) is 20.8 Å². The summed E-state index contributed by atoms with van der Waals surface area (Å²) in [6.07, 6.45) is 6.44. The molecular formula is C33H52O7. The quantitative estimate of drug-likeness (QED) is 0.187. The van der Waals surface area contributed by atoms with Crippen LogP contribution in [0.25, 0.3) is 0 Å². The Balaban J connectivity index is 2.00. The summed E-state index contributed by atoms with van der Waals surface area (Å²) in [5, 5.41) is 0. The number of hydrogen-bond donors (Lipinski definition) is 0. The number of hydrogen-bond acceptors (Lipinski definition) is 7. The van der Waals surface area contributed by atoms with Crippen LogP contribution in [0.2, 0.25) is 0 Å². The molecule has 0 bridgehead atoms. The van der Waals surface area contributed by atoms with E-state index in [0.29, 0.717) is 25.2 Å². The van der Waals surface area contributed by atoms with Crippen LogP contribution in [-0.4, -0.2) is 42.0 Å². The van der Waals surface area contributed by atoms with Crippen molar-refractivity contribution < 1.29 is 33.4 Å². The molecule has 0 N–H and O–H groups in total. The van der Waals surface area contributed by atoms with Crippen LogP contribution in [0.15, 0.2) is 12.2 Å². The number of carbonyl (C=O) groups excluding carboxylic acids is 4. The number of ketones is 1. The molecule has 7 heteroatoms.